The topological polar surface area (TPSA) is 37.3 Å². The molecule has 0 aromatic rings. The molecule has 1 saturated carbocycles. The highest BCUT2D eigenvalue weighted by atomic mass is 19.3. The van der Waals surface area contributed by atoms with Crippen LogP contribution in [0.3, 0.4) is 0 Å². The zero-order chi connectivity index (χ0) is 10.1. The Morgan fingerprint density at radius 2 is 1.77 bits per heavy atom. The quantitative estimate of drug-likeness (QED) is 0.723. The Labute approximate surface area is 75.9 Å². The first-order chi connectivity index (χ1) is 5.92. The predicted octanol–water partition coefficient (Wildman–Crippen LogP) is 1.76. The highest BCUT2D eigenvalue weighted by molar-refractivity contribution is 5.82. The van der Waals surface area contributed by atoms with Gasteiger partial charge in [0, 0.05) is 12.8 Å². The summed E-state index contributed by atoms with van der Waals surface area (Å²) in [5.41, 5.74) is -0.887. The summed E-state index contributed by atoms with van der Waals surface area (Å²) in [6.07, 6.45) is -0.363. The molecule has 1 aliphatic carbocycles. The Morgan fingerprint density at radius 3 is 2.08 bits per heavy atom. The van der Waals surface area contributed by atoms with Crippen LogP contribution in [-0.2, 0) is 4.79 Å². The smallest absolute Gasteiger partial charge is 0.248 e. The molecular formula is C9H14F2O2. The molecule has 0 unspecified atom stereocenters. The number of aliphatic hydroxyl groups excluding tert-OH is 1. The van der Waals surface area contributed by atoms with E-state index >= 15 is 0 Å². The summed E-state index contributed by atoms with van der Waals surface area (Å²) in [6, 6.07) is 0. The van der Waals surface area contributed by atoms with Crippen LogP contribution in [0.15, 0.2) is 0 Å². The van der Waals surface area contributed by atoms with E-state index in [9.17, 15) is 13.6 Å². The molecule has 0 heterocycles. The highest BCUT2D eigenvalue weighted by Crippen LogP contribution is 2.43. The maximum Gasteiger partial charge on any atom is 0.248 e. The average molecular weight is 192 g/mol. The molecule has 0 saturated heterocycles. The molecule has 1 rings (SSSR count). The first kappa shape index (κ1) is 10.6. The number of ketones is 1. The van der Waals surface area contributed by atoms with E-state index in [0.717, 1.165) is 0 Å². The SMILES string of the molecule is CC(=O)C1(CO)CCC(F)(F)CC1. The Morgan fingerprint density at radius 1 is 1.31 bits per heavy atom. The van der Waals surface area contributed by atoms with Gasteiger partial charge in [-0.1, -0.05) is 0 Å². The Hall–Kier alpha value is -0.510. The number of Topliss-reactive ketones (excluding diaryl/α,β-unsaturated/α-hetero) is 1. The monoisotopic (exact) mass is 192 g/mol. The molecule has 1 fully saturated rings. The van der Waals surface area contributed by atoms with Gasteiger partial charge in [-0.05, 0) is 19.8 Å². The van der Waals surface area contributed by atoms with Crippen LogP contribution in [0.4, 0.5) is 8.78 Å². The third-order valence-electron chi connectivity index (χ3n) is 2.99. The average Bonchev–Trinajstić information content (AvgIpc) is 2.05. The van der Waals surface area contributed by atoms with Crippen LogP contribution >= 0.6 is 0 Å². The highest BCUT2D eigenvalue weighted by Gasteiger charge is 2.45. The van der Waals surface area contributed by atoms with Gasteiger partial charge in [0.1, 0.15) is 5.78 Å². The van der Waals surface area contributed by atoms with Crippen molar-refractivity contribution in [3.63, 3.8) is 0 Å². The minimum Gasteiger partial charge on any atom is -0.395 e. The molecule has 0 aromatic heterocycles. The molecule has 13 heavy (non-hydrogen) atoms. The van der Waals surface area contributed by atoms with Gasteiger partial charge in [0.2, 0.25) is 5.92 Å². The van der Waals surface area contributed by atoms with Crippen molar-refractivity contribution in [3.8, 4) is 0 Å². The fourth-order valence-corrected chi connectivity index (χ4v) is 1.72. The zero-order valence-corrected chi connectivity index (χ0v) is 7.65. The molecule has 1 aliphatic rings. The second-order valence-electron chi connectivity index (χ2n) is 3.85. The van der Waals surface area contributed by atoms with Crippen LogP contribution in [0, 0.1) is 5.41 Å². The van der Waals surface area contributed by atoms with Crippen LogP contribution in [0.5, 0.6) is 0 Å². The van der Waals surface area contributed by atoms with Crippen LogP contribution in [-0.4, -0.2) is 23.4 Å². The van der Waals surface area contributed by atoms with Gasteiger partial charge in [-0.25, -0.2) is 8.78 Å². The molecular weight excluding hydrogens is 178 g/mol. The first-order valence-corrected chi connectivity index (χ1v) is 4.42. The summed E-state index contributed by atoms with van der Waals surface area (Å²) in [7, 11) is 0. The van der Waals surface area contributed by atoms with Gasteiger partial charge < -0.3 is 5.11 Å². The normalized spacial score (nSPS) is 25.5. The minimum absolute atomic E-state index is 0.103. The van der Waals surface area contributed by atoms with Gasteiger partial charge in [0.25, 0.3) is 0 Å². The molecule has 0 bridgehead atoms. The van der Waals surface area contributed by atoms with E-state index < -0.39 is 11.3 Å². The van der Waals surface area contributed by atoms with E-state index in [4.69, 9.17) is 5.11 Å². The van der Waals surface area contributed by atoms with Crippen LogP contribution in [0.1, 0.15) is 32.6 Å². The Kier molecular flexibility index (Phi) is 2.71. The van der Waals surface area contributed by atoms with Crippen LogP contribution < -0.4 is 0 Å². The molecule has 0 atom stereocenters. The van der Waals surface area contributed by atoms with E-state index in [2.05, 4.69) is 0 Å². The van der Waals surface area contributed by atoms with Gasteiger partial charge in [0.05, 0.1) is 12.0 Å². The van der Waals surface area contributed by atoms with Gasteiger partial charge in [-0.15, -0.1) is 0 Å². The van der Waals surface area contributed by atoms with Crippen molar-refractivity contribution < 1.29 is 18.7 Å². The minimum atomic E-state index is -2.64. The number of hydrogen-bond acceptors (Lipinski definition) is 2. The number of carbonyl (C=O) groups is 1. The van der Waals surface area contributed by atoms with Crippen LogP contribution in [0.25, 0.3) is 0 Å². The molecule has 0 amide bonds. The molecule has 2 nitrogen and oxygen atoms in total. The molecule has 76 valence electrons. The number of alkyl halides is 2. The zero-order valence-electron chi connectivity index (χ0n) is 7.65. The maximum atomic E-state index is 12.8. The lowest BCUT2D eigenvalue weighted by Gasteiger charge is -2.36. The van der Waals surface area contributed by atoms with Crippen molar-refractivity contribution >= 4 is 5.78 Å². The van der Waals surface area contributed by atoms with Gasteiger partial charge in [-0.3, -0.25) is 4.79 Å². The number of halogens is 2. The largest absolute Gasteiger partial charge is 0.395 e. The van der Waals surface area contributed by atoms with Crippen LogP contribution in [0.2, 0.25) is 0 Å². The number of hydrogen-bond donors (Lipinski definition) is 1. The standard InChI is InChI=1S/C9H14F2O2/c1-7(13)8(6-12)2-4-9(10,11)5-3-8/h12H,2-6H2,1H3. The van der Waals surface area contributed by atoms with Crippen molar-refractivity contribution in [3.05, 3.63) is 0 Å². The van der Waals surface area contributed by atoms with Crippen molar-refractivity contribution in [2.75, 3.05) is 6.61 Å². The third-order valence-corrected chi connectivity index (χ3v) is 2.99. The summed E-state index contributed by atoms with van der Waals surface area (Å²) < 4.78 is 25.5. The fourth-order valence-electron chi connectivity index (χ4n) is 1.72. The van der Waals surface area contributed by atoms with Gasteiger partial charge in [0.15, 0.2) is 0 Å². The first-order valence-electron chi connectivity index (χ1n) is 4.42. The summed E-state index contributed by atoms with van der Waals surface area (Å²) in [6.45, 7) is 1.05. The van der Waals surface area contributed by atoms with Crippen molar-refractivity contribution in [2.45, 2.75) is 38.5 Å². The number of aliphatic hydroxyl groups is 1. The van der Waals surface area contributed by atoms with Crippen molar-refractivity contribution in [1.82, 2.24) is 0 Å². The Bertz CT molecular complexity index is 204. The number of carbonyl (C=O) groups excluding carboxylic acids is 1. The lowest BCUT2D eigenvalue weighted by atomic mass is 9.71. The summed E-state index contributed by atoms with van der Waals surface area (Å²) in [5, 5.41) is 9.02. The second kappa shape index (κ2) is 3.33. The lowest BCUT2D eigenvalue weighted by Crippen LogP contribution is -2.40. The lowest BCUT2D eigenvalue weighted by molar-refractivity contribution is -0.138. The second-order valence-corrected chi connectivity index (χ2v) is 3.85. The third kappa shape index (κ3) is 2.05. The molecule has 4 heteroatoms. The van der Waals surface area contributed by atoms with E-state index in [-0.39, 0.29) is 38.1 Å². The molecule has 0 spiro atoms. The molecule has 1 N–H and O–H groups in total. The van der Waals surface area contributed by atoms with E-state index in [1.54, 1.807) is 0 Å². The van der Waals surface area contributed by atoms with E-state index in [0.29, 0.717) is 0 Å². The van der Waals surface area contributed by atoms with Gasteiger partial charge >= 0.3 is 0 Å². The maximum absolute atomic E-state index is 12.8. The predicted molar refractivity (Wildman–Crippen MR) is 43.6 cm³/mol. The van der Waals surface area contributed by atoms with E-state index in [1.165, 1.54) is 6.92 Å². The molecule has 0 radical (unpaired) electrons. The van der Waals surface area contributed by atoms with Crippen molar-refractivity contribution in [2.24, 2.45) is 5.41 Å². The Balaban J connectivity index is 2.69. The summed E-state index contributed by atoms with van der Waals surface area (Å²) >= 11 is 0. The summed E-state index contributed by atoms with van der Waals surface area (Å²) in [4.78, 5) is 11.2. The molecule has 0 aliphatic heterocycles. The number of rotatable bonds is 2. The van der Waals surface area contributed by atoms with Crippen molar-refractivity contribution in [1.29, 1.82) is 0 Å². The fraction of sp³-hybridized carbons (Fsp3) is 0.889. The summed E-state index contributed by atoms with van der Waals surface area (Å²) in [5.74, 6) is -2.82. The molecule has 0 aromatic carbocycles. The van der Waals surface area contributed by atoms with E-state index in [1.807, 2.05) is 0 Å². The van der Waals surface area contributed by atoms with Gasteiger partial charge in [-0.2, -0.15) is 0 Å².